The maximum Gasteiger partial charge on any atom is 0.243 e. The summed E-state index contributed by atoms with van der Waals surface area (Å²) in [4.78, 5) is 15.3. The van der Waals surface area contributed by atoms with Crippen molar-refractivity contribution in [2.24, 2.45) is 0 Å². The number of aryl methyl sites for hydroxylation is 2. The predicted molar refractivity (Wildman–Crippen MR) is 119 cm³/mol. The molecular weight excluding hydrogens is 396 g/mol. The van der Waals surface area contributed by atoms with E-state index in [-0.39, 0.29) is 11.9 Å². The van der Waals surface area contributed by atoms with Crippen LogP contribution < -0.4 is 4.90 Å². The third kappa shape index (κ3) is 4.30. The second kappa shape index (κ2) is 8.90. The minimum atomic E-state index is -3.41. The normalized spacial score (nSPS) is 20.0. The number of amides is 1. The van der Waals surface area contributed by atoms with E-state index >= 15 is 0 Å². The molecule has 1 unspecified atom stereocenters. The van der Waals surface area contributed by atoms with E-state index in [1.165, 1.54) is 5.56 Å². The number of carbonyl (C=O) groups is 1. The van der Waals surface area contributed by atoms with Gasteiger partial charge in [0.05, 0.1) is 4.90 Å². The lowest BCUT2D eigenvalue weighted by Gasteiger charge is -2.35. The molecule has 2 heterocycles. The van der Waals surface area contributed by atoms with Crippen LogP contribution in [0.5, 0.6) is 0 Å². The molecule has 0 radical (unpaired) electrons. The van der Waals surface area contributed by atoms with Crippen LogP contribution in [0.15, 0.2) is 53.4 Å². The van der Waals surface area contributed by atoms with E-state index in [1.807, 2.05) is 35.2 Å². The summed E-state index contributed by atoms with van der Waals surface area (Å²) in [6.45, 7) is 3.32. The molecule has 2 aromatic carbocycles. The number of piperidine rings is 1. The Morgan fingerprint density at radius 1 is 1.00 bits per heavy atom. The zero-order valence-corrected chi connectivity index (χ0v) is 18.4. The molecule has 1 atom stereocenters. The third-order valence-corrected chi connectivity index (χ3v) is 8.21. The van der Waals surface area contributed by atoms with Crippen molar-refractivity contribution in [3.05, 3.63) is 59.7 Å². The SMILES string of the molecule is CC1CCc2ccccc2N1C(=O)CCc1ccc(S(=O)(=O)N2CCCCC2)cc1. The summed E-state index contributed by atoms with van der Waals surface area (Å²) in [5.41, 5.74) is 3.25. The highest BCUT2D eigenvalue weighted by molar-refractivity contribution is 7.89. The lowest BCUT2D eigenvalue weighted by Crippen LogP contribution is -2.42. The monoisotopic (exact) mass is 426 g/mol. The van der Waals surface area contributed by atoms with E-state index in [4.69, 9.17) is 0 Å². The van der Waals surface area contributed by atoms with Crippen LogP contribution in [0.4, 0.5) is 5.69 Å². The molecule has 2 aliphatic heterocycles. The smallest absolute Gasteiger partial charge is 0.243 e. The molecule has 5 nitrogen and oxygen atoms in total. The summed E-state index contributed by atoms with van der Waals surface area (Å²) >= 11 is 0. The van der Waals surface area contributed by atoms with Gasteiger partial charge in [0.1, 0.15) is 0 Å². The van der Waals surface area contributed by atoms with Gasteiger partial charge in [0.25, 0.3) is 0 Å². The molecule has 160 valence electrons. The Balaban J connectivity index is 1.41. The summed E-state index contributed by atoms with van der Waals surface area (Å²) in [6.07, 6.45) is 5.96. The molecular formula is C24H30N2O3S. The molecule has 1 fully saturated rings. The highest BCUT2D eigenvalue weighted by Crippen LogP contribution is 2.31. The Morgan fingerprint density at radius 2 is 1.70 bits per heavy atom. The Morgan fingerprint density at radius 3 is 2.43 bits per heavy atom. The Kier molecular flexibility index (Phi) is 6.25. The maximum atomic E-state index is 13.0. The Bertz CT molecular complexity index is 995. The molecule has 6 heteroatoms. The van der Waals surface area contributed by atoms with Gasteiger partial charge in [0.2, 0.25) is 15.9 Å². The first kappa shape index (κ1) is 21.1. The van der Waals surface area contributed by atoms with E-state index in [0.29, 0.717) is 30.8 Å². The lowest BCUT2D eigenvalue weighted by atomic mass is 9.96. The fraction of sp³-hybridized carbons (Fsp3) is 0.458. The van der Waals surface area contributed by atoms with Crippen molar-refractivity contribution in [3.63, 3.8) is 0 Å². The average Bonchev–Trinajstić information content (AvgIpc) is 2.78. The van der Waals surface area contributed by atoms with Crippen LogP contribution in [0.1, 0.15) is 50.2 Å². The summed E-state index contributed by atoms with van der Waals surface area (Å²) in [5, 5.41) is 0. The van der Waals surface area contributed by atoms with Crippen LogP contribution in [0.3, 0.4) is 0 Å². The van der Waals surface area contributed by atoms with Crippen molar-refractivity contribution in [1.82, 2.24) is 4.31 Å². The molecule has 2 aromatic rings. The number of sulfonamides is 1. The molecule has 0 aromatic heterocycles. The maximum absolute atomic E-state index is 13.0. The summed E-state index contributed by atoms with van der Waals surface area (Å²) in [6, 6.07) is 15.4. The molecule has 0 bridgehead atoms. The topological polar surface area (TPSA) is 57.7 Å². The first-order valence-electron chi connectivity index (χ1n) is 11.0. The second-order valence-electron chi connectivity index (χ2n) is 8.39. The minimum absolute atomic E-state index is 0.125. The zero-order valence-electron chi connectivity index (χ0n) is 17.6. The first-order chi connectivity index (χ1) is 14.5. The van der Waals surface area contributed by atoms with Crippen molar-refractivity contribution in [2.75, 3.05) is 18.0 Å². The fourth-order valence-electron chi connectivity index (χ4n) is 4.52. The number of carbonyl (C=O) groups excluding carboxylic acids is 1. The number of hydrogen-bond acceptors (Lipinski definition) is 3. The summed E-state index contributed by atoms with van der Waals surface area (Å²) in [5.74, 6) is 0.125. The van der Waals surface area contributed by atoms with Crippen LogP contribution in [0.2, 0.25) is 0 Å². The molecule has 0 aliphatic carbocycles. The number of rotatable bonds is 5. The van der Waals surface area contributed by atoms with Gasteiger partial charge in [0, 0.05) is 31.2 Å². The van der Waals surface area contributed by atoms with Crippen LogP contribution in [0, 0.1) is 0 Å². The predicted octanol–water partition coefficient (Wildman–Crippen LogP) is 4.16. The van der Waals surface area contributed by atoms with E-state index in [9.17, 15) is 13.2 Å². The molecule has 1 saturated heterocycles. The van der Waals surface area contributed by atoms with Gasteiger partial charge in [-0.2, -0.15) is 4.31 Å². The Hall–Kier alpha value is -2.18. The summed E-state index contributed by atoms with van der Waals surface area (Å²) < 4.78 is 27.2. The van der Waals surface area contributed by atoms with Gasteiger partial charge >= 0.3 is 0 Å². The largest absolute Gasteiger partial charge is 0.309 e. The number of anilines is 1. The van der Waals surface area contributed by atoms with Gasteiger partial charge in [-0.1, -0.05) is 36.8 Å². The zero-order chi connectivity index (χ0) is 21.1. The van der Waals surface area contributed by atoms with Crippen molar-refractivity contribution < 1.29 is 13.2 Å². The van der Waals surface area contributed by atoms with Crippen molar-refractivity contribution >= 4 is 21.6 Å². The molecule has 0 N–H and O–H groups in total. The van der Waals surface area contributed by atoms with Crippen LogP contribution >= 0.6 is 0 Å². The van der Waals surface area contributed by atoms with Gasteiger partial charge in [-0.3, -0.25) is 4.79 Å². The number of hydrogen-bond donors (Lipinski definition) is 0. The van der Waals surface area contributed by atoms with Gasteiger partial charge in [-0.25, -0.2) is 8.42 Å². The average molecular weight is 427 g/mol. The molecule has 4 rings (SSSR count). The minimum Gasteiger partial charge on any atom is -0.309 e. The molecule has 2 aliphatic rings. The number of benzene rings is 2. The first-order valence-corrected chi connectivity index (χ1v) is 12.4. The second-order valence-corrected chi connectivity index (χ2v) is 10.3. The van der Waals surface area contributed by atoms with Gasteiger partial charge in [-0.15, -0.1) is 0 Å². The van der Waals surface area contributed by atoms with Gasteiger partial charge < -0.3 is 4.90 Å². The number of para-hydroxylation sites is 1. The standard InChI is InChI=1S/C24H30N2O3S/c1-19-9-13-21-7-3-4-8-23(21)26(19)24(27)16-12-20-10-14-22(15-11-20)30(28,29)25-17-5-2-6-18-25/h3-4,7-8,10-11,14-15,19H,2,5-6,9,12-13,16-18H2,1H3. The molecule has 0 spiro atoms. The van der Waals surface area contributed by atoms with Gasteiger partial charge in [0.15, 0.2) is 0 Å². The van der Waals surface area contributed by atoms with E-state index in [0.717, 1.165) is 43.4 Å². The summed E-state index contributed by atoms with van der Waals surface area (Å²) in [7, 11) is -3.41. The molecule has 30 heavy (non-hydrogen) atoms. The van der Waals surface area contributed by atoms with Crippen molar-refractivity contribution in [1.29, 1.82) is 0 Å². The Labute approximate surface area is 179 Å². The van der Waals surface area contributed by atoms with E-state index in [1.54, 1.807) is 16.4 Å². The molecule has 0 saturated carbocycles. The van der Waals surface area contributed by atoms with Gasteiger partial charge in [-0.05, 0) is 68.4 Å². The van der Waals surface area contributed by atoms with E-state index in [2.05, 4.69) is 13.0 Å². The highest BCUT2D eigenvalue weighted by Gasteiger charge is 2.28. The quantitative estimate of drug-likeness (QED) is 0.721. The van der Waals surface area contributed by atoms with Crippen molar-refractivity contribution in [3.8, 4) is 0 Å². The van der Waals surface area contributed by atoms with Crippen molar-refractivity contribution in [2.45, 2.75) is 62.8 Å². The lowest BCUT2D eigenvalue weighted by molar-refractivity contribution is -0.119. The highest BCUT2D eigenvalue weighted by atomic mass is 32.2. The molecule has 1 amide bonds. The number of nitrogens with zero attached hydrogens (tertiary/aromatic N) is 2. The third-order valence-electron chi connectivity index (χ3n) is 6.30. The number of fused-ring (bicyclic) bond motifs is 1. The van der Waals surface area contributed by atoms with Crippen LogP contribution in [-0.2, 0) is 27.7 Å². The fourth-order valence-corrected chi connectivity index (χ4v) is 6.04. The van der Waals surface area contributed by atoms with Crippen LogP contribution in [-0.4, -0.2) is 37.8 Å². The van der Waals surface area contributed by atoms with E-state index < -0.39 is 10.0 Å². The van der Waals surface area contributed by atoms with Crippen LogP contribution in [0.25, 0.3) is 0 Å².